The minimum atomic E-state index is -1.85. The molecule has 1 unspecified atom stereocenters. The number of halogens is 1. The Morgan fingerprint density at radius 3 is 1.96 bits per heavy atom. The van der Waals surface area contributed by atoms with E-state index in [2.05, 4.69) is 103 Å². The van der Waals surface area contributed by atoms with Crippen LogP contribution in [0.1, 0.15) is 81.2 Å². The highest BCUT2D eigenvalue weighted by molar-refractivity contribution is 9.10. The number of benzene rings is 3. The number of rotatable bonds is 4. The molecule has 0 spiro atoms. The standard InChI is InChI=1S/C37H29B7BrN/c1-34(2)22-10-6-5-9-20(22)21-16-19(8-7-11-23(21)34)46(33-31(40)29(38)28(37(42,43)44)30(39)32(33)41)27-18-25-24(17-26(27)45)35(3)12-14-36(25,4)15-13-35/h5-6,9-11,16-19H,12-15H2,1-4H3. The molecule has 3 aromatic carbocycles. The maximum Gasteiger partial charge on any atom is 0.115 e. The molecule has 0 heterocycles. The zero-order chi connectivity index (χ0) is 33.1. The molecule has 210 valence electrons. The van der Waals surface area contributed by atoms with E-state index in [1.165, 1.54) is 40.7 Å². The SMILES string of the molecule is [B]c1c([B])c(C([B])([B])[B])c([B])c([B])c1N(c1cc2c(cc1Br)C1(C)CCC2(C)CC1)C1C#CC=C2C(=C1)c1ccccc1C2(C)C. The van der Waals surface area contributed by atoms with Crippen molar-refractivity contribution < 1.29 is 0 Å². The van der Waals surface area contributed by atoms with Crippen molar-refractivity contribution in [3.63, 3.8) is 0 Å². The minimum Gasteiger partial charge on any atom is -0.324 e. The molecule has 0 aliphatic heterocycles. The number of fused-ring (bicyclic) bond motifs is 5. The Labute approximate surface area is 292 Å². The fourth-order valence-corrected chi connectivity index (χ4v) is 8.99. The van der Waals surface area contributed by atoms with Crippen molar-refractivity contribution in [1.29, 1.82) is 0 Å². The Kier molecular flexibility index (Phi) is 7.28. The third kappa shape index (κ3) is 4.52. The largest absolute Gasteiger partial charge is 0.324 e. The molecule has 14 radical (unpaired) electrons. The van der Waals surface area contributed by atoms with E-state index >= 15 is 0 Å². The van der Waals surface area contributed by atoms with Crippen LogP contribution in [0.2, 0.25) is 0 Å². The highest BCUT2D eigenvalue weighted by Gasteiger charge is 2.48. The number of anilines is 2. The fraction of sp³-hybridized carbons (Fsp3) is 0.351. The Morgan fingerprint density at radius 2 is 1.37 bits per heavy atom. The van der Waals surface area contributed by atoms with Crippen LogP contribution in [0.15, 0.2) is 58.6 Å². The second kappa shape index (κ2) is 10.5. The first-order valence-electron chi connectivity index (χ1n) is 15.8. The average Bonchev–Trinajstić information content (AvgIpc) is 3.11. The molecule has 8 rings (SSSR count). The molecule has 5 aliphatic rings. The Balaban J connectivity index is 1.52. The molecular weight excluding hydrogens is 614 g/mol. The summed E-state index contributed by atoms with van der Waals surface area (Å²) in [5.74, 6) is 6.89. The van der Waals surface area contributed by atoms with Crippen LogP contribution in [-0.4, -0.2) is 61.0 Å². The van der Waals surface area contributed by atoms with Gasteiger partial charge in [-0.25, -0.2) is 0 Å². The van der Waals surface area contributed by atoms with Crippen LogP contribution in [-0.2, 0) is 21.4 Å². The molecule has 0 saturated heterocycles. The molecule has 3 aromatic rings. The van der Waals surface area contributed by atoms with Crippen molar-refractivity contribution in [2.24, 2.45) is 0 Å². The lowest BCUT2D eigenvalue weighted by Crippen LogP contribution is -2.54. The smallest absolute Gasteiger partial charge is 0.115 e. The summed E-state index contributed by atoms with van der Waals surface area (Å²) in [6.45, 7) is 9.24. The lowest BCUT2D eigenvalue weighted by molar-refractivity contribution is 0.187. The molecule has 5 aliphatic carbocycles. The number of hydrogen-bond donors (Lipinski definition) is 0. The van der Waals surface area contributed by atoms with Gasteiger partial charge in [-0.1, -0.05) is 80.3 Å². The van der Waals surface area contributed by atoms with Crippen LogP contribution in [0.25, 0.3) is 5.57 Å². The molecular formula is C37H29B7BrN. The van der Waals surface area contributed by atoms with Gasteiger partial charge in [-0.3, -0.25) is 0 Å². The third-order valence-corrected chi connectivity index (χ3v) is 11.9. The van der Waals surface area contributed by atoms with Gasteiger partial charge in [0.05, 0.1) is 29.2 Å². The van der Waals surface area contributed by atoms with Crippen LogP contribution in [0.5, 0.6) is 0 Å². The fourth-order valence-electron chi connectivity index (χ4n) is 8.45. The van der Waals surface area contributed by atoms with Crippen molar-refractivity contribution in [1.82, 2.24) is 0 Å². The first-order valence-corrected chi connectivity index (χ1v) is 16.6. The van der Waals surface area contributed by atoms with Gasteiger partial charge in [0.2, 0.25) is 0 Å². The van der Waals surface area contributed by atoms with Crippen LogP contribution < -0.4 is 26.8 Å². The van der Waals surface area contributed by atoms with Gasteiger partial charge < -0.3 is 4.90 Å². The van der Waals surface area contributed by atoms with E-state index < -0.39 is 11.2 Å². The summed E-state index contributed by atoms with van der Waals surface area (Å²) in [6, 6.07) is 12.6. The predicted octanol–water partition coefficient (Wildman–Crippen LogP) is 3.17. The monoisotopic (exact) mass is 643 g/mol. The van der Waals surface area contributed by atoms with Crippen molar-refractivity contribution >= 4 is 110 Å². The highest BCUT2D eigenvalue weighted by Crippen LogP contribution is 2.58. The molecule has 1 saturated carbocycles. The van der Waals surface area contributed by atoms with E-state index in [0.717, 1.165) is 28.6 Å². The second-order valence-corrected chi connectivity index (χ2v) is 15.5. The van der Waals surface area contributed by atoms with Gasteiger partial charge in [-0.15, -0.1) is 16.0 Å². The zero-order valence-corrected chi connectivity index (χ0v) is 28.5. The molecule has 1 nitrogen and oxygen atoms in total. The zero-order valence-electron chi connectivity index (χ0n) is 26.9. The average molecular weight is 643 g/mol. The van der Waals surface area contributed by atoms with Gasteiger partial charge in [0.1, 0.15) is 37.4 Å². The van der Waals surface area contributed by atoms with Crippen LogP contribution in [0.3, 0.4) is 0 Å². The topological polar surface area (TPSA) is 3.24 Å². The van der Waals surface area contributed by atoms with Crippen LogP contribution in [0.4, 0.5) is 11.4 Å². The first kappa shape index (κ1) is 32.0. The summed E-state index contributed by atoms with van der Waals surface area (Å²) in [7, 11) is 45.4. The Morgan fingerprint density at radius 1 is 0.804 bits per heavy atom. The first-order chi connectivity index (χ1) is 21.5. The minimum absolute atomic E-state index is 0.0577. The number of allylic oxidation sites excluding steroid dienone is 3. The molecule has 0 amide bonds. The van der Waals surface area contributed by atoms with E-state index in [0.29, 0.717) is 5.69 Å². The highest BCUT2D eigenvalue weighted by atomic mass is 79.9. The van der Waals surface area contributed by atoms with E-state index in [-0.39, 0.29) is 43.7 Å². The van der Waals surface area contributed by atoms with Gasteiger partial charge in [-0.05, 0) is 110 Å². The molecule has 46 heavy (non-hydrogen) atoms. The number of nitrogens with zero attached hydrogens (tertiary/aromatic N) is 1. The summed E-state index contributed by atoms with van der Waals surface area (Å²) >= 11 is 3.98. The summed E-state index contributed by atoms with van der Waals surface area (Å²) < 4.78 is 0.902. The lowest BCUT2D eigenvalue weighted by atomic mass is 9.37. The van der Waals surface area contributed by atoms with Crippen molar-refractivity contribution in [3.05, 3.63) is 86.4 Å². The normalized spacial score (nSPS) is 25.3. The van der Waals surface area contributed by atoms with Gasteiger partial charge in [0.25, 0.3) is 0 Å². The lowest BCUT2D eigenvalue weighted by Gasteiger charge is -2.52. The van der Waals surface area contributed by atoms with Gasteiger partial charge in [0, 0.05) is 15.6 Å². The summed E-state index contributed by atoms with van der Waals surface area (Å²) in [5.41, 5.74) is 9.36. The van der Waals surface area contributed by atoms with E-state index in [4.69, 9.17) is 54.9 Å². The maximum atomic E-state index is 6.89. The number of hydrogen-bond acceptors (Lipinski definition) is 1. The molecule has 1 fully saturated rings. The molecule has 0 N–H and O–H groups in total. The molecule has 9 heteroatoms. The van der Waals surface area contributed by atoms with Gasteiger partial charge in [-0.2, -0.15) is 0 Å². The molecule has 1 atom stereocenters. The maximum absolute atomic E-state index is 6.89. The summed E-state index contributed by atoms with van der Waals surface area (Å²) in [4.78, 5) is 2.06. The van der Waals surface area contributed by atoms with E-state index in [9.17, 15) is 0 Å². The van der Waals surface area contributed by atoms with Crippen molar-refractivity contribution in [3.8, 4) is 11.8 Å². The molecule has 0 aromatic heterocycles. The third-order valence-electron chi connectivity index (χ3n) is 11.3. The predicted molar refractivity (Wildman–Crippen MR) is 203 cm³/mol. The van der Waals surface area contributed by atoms with Crippen LogP contribution >= 0.6 is 15.9 Å². The van der Waals surface area contributed by atoms with Crippen LogP contribution in [0, 0.1) is 11.8 Å². The second-order valence-electron chi connectivity index (χ2n) is 14.7. The van der Waals surface area contributed by atoms with E-state index in [1.807, 2.05) is 6.08 Å². The summed E-state index contributed by atoms with van der Waals surface area (Å²) in [5, 5.41) is -1.85. The van der Waals surface area contributed by atoms with E-state index in [1.54, 1.807) is 0 Å². The Hall–Kier alpha value is -2.57. The van der Waals surface area contributed by atoms with Crippen molar-refractivity contribution in [2.45, 2.75) is 80.8 Å². The Bertz CT molecular complexity index is 1940. The van der Waals surface area contributed by atoms with Gasteiger partial charge >= 0.3 is 0 Å². The van der Waals surface area contributed by atoms with Gasteiger partial charge in [0.15, 0.2) is 0 Å². The van der Waals surface area contributed by atoms with Crippen molar-refractivity contribution in [2.75, 3.05) is 4.90 Å². The quantitative estimate of drug-likeness (QED) is 0.312. The summed E-state index contributed by atoms with van der Waals surface area (Å²) in [6.07, 6.45) is 8.85. The molecule has 2 bridgehead atoms.